The number of carbonyl (C=O) groups is 1. The van der Waals surface area contributed by atoms with Crippen molar-refractivity contribution in [3.05, 3.63) is 40.1 Å². The topological polar surface area (TPSA) is 94.9 Å². The highest BCUT2D eigenvalue weighted by atomic mass is 32.1. The van der Waals surface area contributed by atoms with Gasteiger partial charge in [-0.05, 0) is 12.6 Å². The zero-order chi connectivity index (χ0) is 13.0. The van der Waals surface area contributed by atoms with Crippen LogP contribution in [0.4, 0.5) is 5.69 Å². The molecule has 18 heavy (non-hydrogen) atoms. The van der Waals surface area contributed by atoms with E-state index in [-0.39, 0.29) is 12.2 Å². The van der Waals surface area contributed by atoms with E-state index in [1.54, 1.807) is 23.8 Å². The molecule has 5 nitrogen and oxygen atoms in total. The third-order valence-electron chi connectivity index (χ3n) is 2.49. The van der Waals surface area contributed by atoms with Crippen LogP contribution in [-0.4, -0.2) is 22.3 Å². The predicted octanol–water partition coefficient (Wildman–Crippen LogP) is 1.05. The van der Waals surface area contributed by atoms with Gasteiger partial charge in [-0.25, -0.2) is 4.98 Å². The van der Waals surface area contributed by atoms with Crippen LogP contribution in [0, 0.1) is 0 Å². The number of nitrogens with zero attached hydrogens (tertiary/aromatic N) is 2. The maximum Gasteiger partial charge on any atom is 0.186 e. The van der Waals surface area contributed by atoms with Crippen molar-refractivity contribution in [1.29, 1.82) is 0 Å². The molecule has 2 heterocycles. The molecule has 4 N–H and O–H groups in total. The van der Waals surface area contributed by atoms with Crippen molar-refractivity contribution >= 4 is 22.8 Å². The summed E-state index contributed by atoms with van der Waals surface area (Å²) in [5, 5.41) is 2.65. The van der Waals surface area contributed by atoms with Crippen molar-refractivity contribution in [2.75, 3.05) is 12.3 Å². The number of carbonyl (C=O) groups excluding carboxylic acids is 1. The van der Waals surface area contributed by atoms with Crippen molar-refractivity contribution in [3.63, 3.8) is 0 Å². The quantitative estimate of drug-likeness (QED) is 0.785. The van der Waals surface area contributed by atoms with Gasteiger partial charge in [0.25, 0.3) is 0 Å². The molecule has 0 radical (unpaired) electrons. The fraction of sp³-hybridized carbons (Fsp3) is 0.250. The van der Waals surface area contributed by atoms with Crippen LogP contribution >= 0.6 is 11.3 Å². The van der Waals surface area contributed by atoms with Crippen molar-refractivity contribution in [2.45, 2.75) is 12.8 Å². The second kappa shape index (κ2) is 5.70. The molecular weight excluding hydrogens is 248 g/mol. The highest BCUT2D eigenvalue weighted by Crippen LogP contribution is 2.15. The number of Topliss-reactive ketones (excluding diaryl/α,β-unsaturated/α-hetero) is 1. The predicted molar refractivity (Wildman–Crippen MR) is 71.6 cm³/mol. The van der Waals surface area contributed by atoms with Crippen molar-refractivity contribution in [3.8, 4) is 0 Å². The zero-order valence-electron chi connectivity index (χ0n) is 9.80. The van der Waals surface area contributed by atoms with Gasteiger partial charge in [-0.1, -0.05) is 0 Å². The van der Waals surface area contributed by atoms with E-state index >= 15 is 0 Å². The lowest BCUT2D eigenvalue weighted by Gasteiger charge is -2.02. The molecule has 0 aliphatic heterocycles. The van der Waals surface area contributed by atoms with Crippen LogP contribution in [0.15, 0.2) is 23.8 Å². The minimum absolute atomic E-state index is 0.0470. The molecule has 0 unspecified atom stereocenters. The number of nitrogens with two attached hydrogens (primary N) is 2. The Morgan fingerprint density at radius 1 is 1.44 bits per heavy atom. The number of thiazole rings is 1. The van der Waals surface area contributed by atoms with Gasteiger partial charge in [-0.15, -0.1) is 11.3 Å². The van der Waals surface area contributed by atoms with E-state index in [9.17, 15) is 4.79 Å². The molecule has 0 amide bonds. The highest BCUT2D eigenvalue weighted by Gasteiger charge is 2.12. The Bertz CT molecular complexity index is 553. The van der Waals surface area contributed by atoms with Crippen LogP contribution in [0.1, 0.15) is 21.1 Å². The Morgan fingerprint density at radius 2 is 2.28 bits per heavy atom. The summed E-state index contributed by atoms with van der Waals surface area (Å²) in [7, 11) is 0. The molecule has 0 aliphatic rings. The summed E-state index contributed by atoms with van der Waals surface area (Å²) in [4.78, 5) is 20.2. The van der Waals surface area contributed by atoms with Gasteiger partial charge < -0.3 is 11.5 Å². The SMILES string of the molecule is NCCc1nc(C(=O)Cc2cnccc2N)cs1. The Hall–Kier alpha value is -1.79. The number of nitrogen functional groups attached to an aromatic ring is 1. The Kier molecular flexibility index (Phi) is 4.01. The first-order valence-electron chi connectivity index (χ1n) is 5.56. The first-order chi connectivity index (χ1) is 8.70. The van der Waals surface area contributed by atoms with Gasteiger partial charge in [0.05, 0.1) is 5.01 Å². The Labute approximate surface area is 109 Å². The van der Waals surface area contributed by atoms with Gasteiger partial charge in [0.15, 0.2) is 5.78 Å². The van der Waals surface area contributed by atoms with E-state index < -0.39 is 0 Å². The largest absolute Gasteiger partial charge is 0.398 e. The van der Waals surface area contributed by atoms with Gasteiger partial charge >= 0.3 is 0 Å². The highest BCUT2D eigenvalue weighted by molar-refractivity contribution is 7.09. The fourth-order valence-electron chi connectivity index (χ4n) is 1.53. The third-order valence-corrected chi connectivity index (χ3v) is 3.40. The number of pyridine rings is 1. The molecule has 0 atom stereocenters. The normalized spacial score (nSPS) is 10.5. The van der Waals surface area contributed by atoms with Gasteiger partial charge in [-0.2, -0.15) is 0 Å². The first-order valence-corrected chi connectivity index (χ1v) is 6.44. The van der Waals surface area contributed by atoms with Crippen LogP contribution in [-0.2, 0) is 12.8 Å². The maximum absolute atomic E-state index is 12.0. The van der Waals surface area contributed by atoms with Gasteiger partial charge in [0, 0.05) is 41.9 Å². The van der Waals surface area contributed by atoms with Crippen molar-refractivity contribution in [2.24, 2.45) is 5.73 Å². The molecule has 0 spiro atoms. The second-order valence-corrected chi connectivity index (χ2v) is 4.78. The van der Waals surface area contributed by atoms with Gasteiger partial charge in [0.2, 0.25) is 0 Å². The summed E-state index contributed by atoms with van der Waals surface area (Å²) in [6.45, 7) is 0.538. The Balaban J connectivity index is 2.10. The van der Waals surface area contributed by atoms with E-state index in [1.165, 1.54) is 11.3 Å². The smallest absolute Gasteiger partial charge is 0.186 e. The Morgan fingerprint density at radius 3 is 3.00 bits per heavy atom. The van der Waals surface area contributed by atoms with Crippen LogP contribution < -0.4 is 11.5 Å². The van der Waals surface area contributed by atoms with E-state index in [0.29, 0.717) is 24.3 Å². The van der Waals surface area contributed by atoms with Crippen LogP contribution in [0.2, 0.25) is 0 Å². The van der Waals surface area contributed by atoms with Crippen LogP contribution in [0.5, 0.6) is 0 Å². The monoisotopic (exact) mass is 262 g/mol. The maximum atomic E-state index is 12.0. The van der Waals surface area contributed by atoms with Crippen molar-refractivity contribution in [1.82, 2.24) is 9.97 Å². The molecule has 2 aromatic heterocycles. The van der Waals surface area contributed by atoms with E-state index in [2.05, 4.69) is 9.97 Å². The summed E-state index contributed by atoms with van der Waals surface area (Å²) >= 11 is 1.46. The number of ketones is 1. The lowest BCUT2D eigenvalue weighted by molar-refractivity contribution is 0.0988. The molecule has 0 saturated heterocycles. The number of aromatic nitrogens is 2. The number of anilines is 1. The number of hydrogen-bond donors (Lipinski definition) is 2. The molecule has 0 aromatic carbocycles. The minimum atomic E-state index is -0.0470. The summed E-state index contributed by atoms with van der Waals surface area (Å²) < 4.78 is 0. The average Bonchev–Trinajstić information content (AvgIpc) is 2.81. The lowest BCUT2D eigenvalue weighted by atomic mass is 10.1. The zero-order valence-corrected chi connectivity index (χ0v) is 10.6. The van der Waals surface area contributed by atoms with E-state index in [1.807, 2.05) is 0 Å². The molecule has 0 aliphatic carbocycles. The molecule has 94 valence electrons. The fourth-order valence-corrected chi connectivity index (χ4v) is 2.34. The van der Waals surface area contributed by atoms with Crippen LogP contribution in [0.25, 0.3) is 0 Å². The molecule has 0 fully saturated rings. The van der Waals surface area contributed by atoms with E-state index in [0.717, 1.165) is 10.6 Å². The van der Waals surface area contributed by atoms with E-state index in [4.69, 9.17) is 11.5 Å². The molecule has 2 aromatic rings. The van der Waals surface area contributed by atoms with Gasteiger partial charge in [0.1, 0.15) is 5.69 Å². The average molecular weight is 262 g/mol. The summed E-state index contributed by atoms with van der Waals surface area (Å²) in [6, 6.07) is 1.68. The molecular formula is C12H14N4OS. The summed E-state index contributed by atoms with van der Waals surface area (Å²) in [5.41, 5.74) is 13.0. The van der Waals surface area contributed by atoms with Crippen molar-refractivity contribution < 1.29 is 4.79 Å². The first kappa shape index (κ1) is 12.7. The van der Waals surface area contributed by atoms with Crippen LogP contribution in [0.3, 0.4) is 0 Å². The summed E-state index contributed by atoms with van der Waals surface area (Å²) in [6.07, 6.45) is 4.14. The molecule has 0 bridgehead atoms. The minimum Gasteiger partial charge on any atom is -0.398 e. The van der Waals surface area contributed by atoms with Gasteiger partial charge in [-0.3, -0.25) is 9.78 Å². The third kappa shape index (κ3) is 2.91. The lowest BCUT2D eigenvalue weighted by Crippen LogP contribution is -2.07. The number of hydrogen-bond acceptors (Lipinski definition) is 6. The number of rotatable bonds is 5. The standard InChI is InChI=1S/C12H14N4OS/c13-3-1-12-16-10(7-18-12)11(17)5-8-6-15-4-2-9(8)14/h2,4,6-7H,1,3,5,13H2,(H2,14,15). The summed E-state index contributed by atoms with van der Waals surface area (Å²) in [5.74, 6) is -0.0470. The molecule has 0 saturated carbocycles. The molecule has 6 heteroatoms. The molecule has 2 rings (SSSR count). The second-order valence-electron chi connectivity index (χ2n) is 3.84.